The van der Waals surface area contributed by atoms with Gasteiger partial charge in [0.15, 0.2) is 12.2 Å². The van der Waals surface area contributed by atoms with Gasteiger partial charge in [-0.1, -0.05) is 0 Å². The molecule has 0 spiro atoms. The first-order valence-electron chi connectivity index (χ1n) is 6.74. The van der Waals surface area contributed by atoms with Crippen molar-refractivity contribution in [3.8, 4) is 0 Å². The highest BCUT2D eigenvalue weighted by Gasteiger charge is 2.19. The van der Waals surface area contributed by atoms with Crippen LogP contribution in [0, 0.1) is 0 Å². The van der Waals surface area contributed by atoms with Crippen LogP contribution in [0.3, 0.4) is 0 Å². The lowest BCUT2D eigenvalue weighted by molar-refractivity contribution is -0.164. The van der Waals surface area contributed by atoms with Crippen LogP contribution in [0.15, 0.2) is 12.2 Å². The van der Waals surface area contributed by atoms with Crippen LogP contribution in [0.2, 0.25) is 0 Å². The first-order chi connectivity index (χ1) is 10.3. The number of rotatable bonds is 8. The fourth-order valence-electron chi connectivity index (χ4n) is 1.18. The van der Waals surface area contributed by atoms with Crippen molar-refractivity contribution >= 4 is 23.9 Å². The van der Waals surface area contributed by atoms with Crippen LogP contribution in [0.5, 0.6) is 0 Å². The summed E-state index contributed by atoms with van der Waals surface area (Å²) in [7, 11) is 0. The van der Waals surface area contributed by atoms with E-state index in [2.05, 4.69) is 9.47 Å². The van der Waals surface area contributed by atoms with Gasteiger partial charge >= 0.3 is 23.9 Å². The van der Waals surface area contributed by atoms with Crippen molar-refractivity contribution in [1.82, 2.24) is 0 Å². The summed E-state index contributed by atoms with van der Waals surface area (Å²) >= 11 is 0. The van der Waals surface area contributed by atoms with E-state index in [-0.39, 0.29) is 13.2 Å². The molecule has 8 heteroatoms. The topological polar surface area (TPSA) is 105 Å². The molecule has 0 aliphatic heterocycles. The molecule has 0 N–H and O–H groups in total. The fraction of sp³-hybridized carbons (Fsp3) is 0.571. The third-order valence-corrected chi connectivity index (χ3v) is 2.18. The number of esters is 4. The van der Waals surface area contributed by atoms with E-state index in [0.29, 0.717) is 0 Å². The molecule has 0 aromatic carbocycles. The third-order valence-electron chi connectivity index (χ3n) is 2.18. The zero-order valence-electron chi connectivity index (χ0n) is 13.0. The number of carbonyl (C=O) groups excluding carboxylic acids is 4. The van der Waals surface area contributed by atoms with E-state index in [1.54, 1.807) is 13.8 Å². The molecule has 0 saturated carbocycles. The Labute approximate surface area is 128 Å². The van der Waals surface area contributed by atoms with E-state index >= 15 is 0 Å². The average Bonchev–Trinajstić information content (AvgIpc) is 2.45. The van der Waals surface area contributed by atoms with Crippen molar-refractivity contribution in [2.24, 2.45) is 0 Å². The third kappa shape index (κ3) is 8.03. The predicted octanol–water partition coefficient (Wildman–Crippen LogP) is 0.532. The largest absolute Gasteiger partial charge is 0.463 e. The van der Waals surface area contributed by atoms with Crippen molar-refractivity contribution in [2.75, 3.05) is 13.2 Å². The Morgan fingerprint density at radius 1 is 0.773 bits per heavy atom. The van der Waals surface area contributed by atoms with Gasteiger partial charge in [-0.15, -0.1) is 0 Å². The van der Waals surface area contributed by atoms with Gasteiger partial charge in [0.25, 0.3) is 0 Å². The molecule has 0 bridgehead atoms. The minimum Gasteiger partial charge on any atom is -0.463 e. The molecular formula is C14H20O8. The molecule has 8 nitrogen and oxygen atoms in total. The van der Waals surface area contributed by atoms with Crippen LogP contribution in [0.4, 0.5) is 0 Å². The van der Waals surface area contributed by atoms with Crippen molar-refractivity contribution in [3.63, 3.8) is 0 Å². The second kappa shape index (κ2) is 10.4. The molecule has 0 rings (SSSR count). The normalized spacial score (nSPS) is 13.1. The smallest absolute Gasteiger partial charge is 0.347 e. The van der Waals surface area contributed by atoms with E-state index in [1.165, 1.54) is 13.8 Å². The van der Waals surface area contributed by atoms with Crippen molar-refractivity contribution < 1.29 is 38.1 Å². The lowest BCUT2D eigenvalue weighted by Gasteiger charge is -2.11. The van der Waals surface area contributed by atoms with Crippen molar-refractivity contribution in [1.29, 1.82) is 0 Å². The maximum atomic E-state index is 11.4. The average molecular weight is 316 g/mol. The zero-order chi connectivity index (χ0) is 17.1. The molecule has 2 unspecified atom stereocenters. The van der Waals surface area contributed by atoms with Gasteiger partial charge in [0, 0.05) is 12.2 Å². The highest BCUT2D eigenvalue weighted by Crippen LogP contribution is 1.99. The van der Waals surface area contributed by atoms with Gasteiger partial charge in [-0.3, -0.25) is 0 Å². The Bertz CT molecular complexity index is 400. The van der Waals surface area contributed by atoms with E-state index in [4.69, 9.17) is 9.47 Å². The minimum absolute atomic E-state index is 0.161. The minimum atomic E-state index is -1.09. The van der Waals surface area contributed by atoms with E-state index < -0.39 is 36.1 Å². The van der Waals surface area contributed by atoms with Gasteiger partial charge in [0.05, 0.1) is 13.2 Å². The monoisotopic (exact) mass is 316 g/mol. The molecule has 0 amide bonds. The van der Waals surface area contributed by atoms with E-state index in [1.807, 2.05) is 0 Å². The molecule has 0 radical (unpaired) electrons. The van der Waals surface area contributed by atoms with Gasteiger partial charge in [0.1, 0.15) is 0 Å². The Morgan fingerprint density at radius 3 is 1.36 bits per heavy atom. The van der Waals surface area contributed by atoms with E-state index in [0.717, 1.165) is 12.2 Å². The number of ether oxygens (including phenoxy) is 4. The van der Waals surface area contributed by atoms with Gasteiger partial charge in [-0.05, 0) is 27.7 Å². The lowest BCUT2D eigenvalue weighted by Crippen LogP contribution is -2.26. The van der Waals surface area contributed by atoms with Crippen molar-refractivity contribution in [3.05, 3.63) is 12.2 Å². The predicted molar refractivity (Wildman–Crippen MR) is 73.5 cm³/mol. The van der Waals surface area contributed by atoms with Gasteiger partial charge < -0.3 is 18.9 Å². The summed E-state index contributed by atoms with van der Waals surface area (Å²) in [6.45, 7) is 6.24. The lowest BCUT2D eigenvalue weighted by atomic mass is 10.4. The van der Waals surface area contributed by atoms with Crippen LogP contribution < -0.4 is 0 Å². The molecule has 2 atom stereocenters. The molecular weight excluding hydrogens is 296 g/mol. The summed E-state index contributed by atoms with van der Waals surface area (Å²) in [5.74, 6) is -3.21. The molecule has 0 aromatic rings. The summed E-state index contributed by atoms with van der Waals surface area (Å²) < 4.78 is 18.7. The van der Waals surface area contributed by atoms with Crippen LogP contribution in [-0.4, -0.2) is 49.3 Å². The summed E-state index contributed by atoms with van der Waals surface area (Å²) in [6, 6.07) is 0. The molecule has 0 aliphatic carbocycles. The standard InChI is InChI=1S/C14H20O8/c1-5-19-13(17)9(3)21-11(15)7-8-12(16)22-10(4)14(18)20-6-2/h7-10H,5-6H2,1-4H3. The first-order valence-corrected chi connectivity index (χ1v) is 6.74. The van der Waals surface area contributed by atoms with Crippen LogP contribution in [-0.2, 0) is 38.1 Å². The quantitative estimate of drug-likeness (QED) is 0.363. The van der Waals surface area contributed by atoms with Crippen LogP contribution >= 0.6 is 0 Å². The van der Waals surface area contributed by atoms with Gasteiger partial charge in [-0.25, -0.2) is 19.2 Å². The molecule has 0 fully saturated rings. The second-order valence-corrected chi connectivity index (χ2v) is 4.00. The fourth-order valence-corrected chi connectivity index (χ4v) is 1.18. The second-order valence-electron chi connectivity index (χ2n) is 4.00. The molecule has 0 saturated heterocycles. The summed E-state index contributed by atoms with van der Waals surface area (Å²) in [6.07, 6.45) is -0.607. The van der Waals surface area contributed by atoms with E-state index in [9.17, 15) is 19.2 Å². The first kappa shape index (κ1) is 19.6. The Morgan fingerprint density at radius 2 is 1.09 bits per heavy atom. The Hall–Kier alpha value is -2.38. The summed E-state index contributed by atoms with van der Waals surface area (Å²) in [5, 5.41) is 0. The maximum absolute atomic E-state index is 11.4. The SMILES string of the molecule is CCOC(=O)C(C)OC(=O)C=CC(=O)OC(C)C(=O)OCC. The summed E-state index contributed by atoms with van der Waals surface area (Å²) in [5.41, 5.74) is 0. The zero-order valence-corrected chi connectivity index (χ0v) is 13.0. The summed E-state index contributed by atoms with van der Waals surface area (Å²) in [4.78, 5) is 45.2. The van der Waals surface area contributed by atoms with Gasteiger partial charge in [0.2, 0.25) is 0 Å². The molecule has 0 aliphatic rings. The highest BCUT2D eigenvalue weighted by atomic mass is 16.6. The number of carbonyl (C=O) groups is 4. The molecule has 0 heterocycles. The number of hydrogen-bond donors (Lipinski definition) is 0. The Kier molecular flexibility index (Phi) is 9.24. The number of hydrogen-bond acceptors (Lipinski definition) is 8. The molecule has 0 aromatic heterocycles. The van der Waals surface area contributed by atoms with Gasteiger partial charge in [-0.2, -0.15) is 0 Å². The Balaban J connectivity index is 4.29. The van der Waals surface area contributed by atoms with Crippen LogP contribution in [0.25, 0.3) is 0 Å². The molecule has 124 valence electrons. The van der Waals surface area contributed by atoms with Crippen LogP contribution in [0.1, 0.15) is 27.7 Å². The molecule has 22 heavy (non-hydrogen) atoms. The highest BCUT2D eigenvalue weighted by molar-refractivity contribution is 5.93. The van der Waals surface area contributed by atoms with Crippen molar-refractivity contribution in [2.45, 2.75) is 39.9 Å². The maximum Gasteiger partial charge on any atom is 0.347 e.